The molecule has 0 saturated carbocycles. The Morgan fingerprint density at radius 3 is 2.65 bits per heavy atom. The summed E-state index contributed by atoms with van der Waals surface area (Å²) in [5.74, 6) is 0.593. The summed E-state index contributed by atoms with van der Waals surface area (Å²) in [6.07, 6.45) is 0. The lowest BCUT2D eigenvalue weighted by Crippen LogP contribution is -2.34. The van der Waals surface area contributed by atoms with E-state index in [9.17, 15) is 4.79 Å². The molecular weight excluding hydrogens is 470 g/mol. The van der Waals surface area contributed by atoms with E-state index in [2.05, 4.69) is 15.6 Å². The fourth-order valence-corrected chi connectivity index (χ4v) is 4.19. The maximum atomic E-state index is 12.6. The number of methoxy groups -OCH3 is 1. The number of anilines is 1. The molecule has 5 aromatic rings. The van der Waals surface area contributed by atoms with Crippen LogP contribution in [0.3, 0.4) is 0 Å². The lowest BCUT2D eigenvalue weighted by atomic mass is 10.0. The number of para-hydroxylation sites is 1. The third-order valence-electron chi connectivity index (χ3n) is 5.32. The molecule has 2 N–H and O–H groups in total. The normalized spacial score (nSPS) is 10.9. The minimum Gasteiger partial charge on any atom is -0.496 e. The third kappa shape index (κ3) is 4.19. The van der Waals surface area contributed by atoms with Gasteiger partial charge in [-0.3, -0.25) is 10.1 Å². The SMILES string of the molecule is COc1ccccc1C(=O)NC(=S)Nc1ccc2oc(-c3cccc4c(Cl)cccc34)nc2c1. The number of hydrogen-bond acceptors (Lipinski definition) is 5. The molecule has 1 aromatic heterocycles. The number of ether oxygens (including phenoxy) is 1. The van der Waals surface area contributed by atoms with Crippen LogP contribution in [0.25, 0.3) is 33.3 Å². The van der Waals surface area contributed by atoms with Crippen molar-refractivity contribution in [3.05, 3.63) is 89.4 Å². The van der Waals surface area contributed by atoms with Crippen LogP contribution >= 0.6 is 23.8 Å². The largest absolute Gasteiger partial charge is 0.496 e. The van der Waals surface area contributed by atoms with E-state index in [4.69, 9.17) is 33.0 Å². The first-order valence-corrected chi connectivity index (χ1v) is 11.2. The molecule has 168 valence electrons. The van der Waals surface area contributed by atoms with Crippen LogP contribution in [-0.2, 0) is 0 Å². The van der Waals surface area contributed by atoms with E-state index in [0.29, 0.717) is 39.0 Å². The van der Waals surface area contributed by atoms with Crippen molar-refractivity contribution < 1.29 is 13.9 Å². The summed E-state index contributed by atoms with van der Waals surface area (Å²) < 4.78 is 11.2. The molecule has 0 bridgehead atoms. The Hall–Kier alpha value is -3.94. The molecule has 1 heterocycles. The molecule has 4 aromatic carbocycles. The van der Waals surface area contributed by atoms with Crippen LogP contribution in [0.1, 0.15) is 10.4 Å². The van der Waals surface area contributed by atoms with E-state index in [1.54, 1.807) is 36.4 Å². The van der Waals surface area contributed by atoms with Gasteiger partial charge in [0.05, 0.1) is 12.7 Å². The average molecular weight is 488 g/mol. The molecular formula is C26H18ClN3O3S. The number of carbonyl (C=O) groups excluding carboxylic acids is 1. The van der Waals surface area contributed by atoms with E-state index >= 15 is 0 Å². The van der Waals surface area contributed by atoms with Crippen molar-refractivity contribution in [1.29, 1.82) is 0 Å². The predicted octanol–water partition coefficient (Wildman–Crippen LogP) is 6.44. The van der Waals surface area contributed by atoms with Gasteiger partial charge in [-0.15, -0.1) is 0 Å². The Morgan fingerprint density at radius 2 is 1.79 bits per heavy atom. The number of hydrogen-bond donors (Lipinski definition) is 2. The first-order chi connectivity index (χ1) is 16.5. The van der Waals surface area contributed by atoms with E-state index < -0.39 is 0 Å². The average Bonchev–Trinajstić information content (AvgIpc) is 3.27. The highest BCUT2D eigenvalue weighted by Crippen LogP contribution is 2.34. The fraction of sp³-hybridized carbons (Fsp3) is 0.0385. The van der Waals surface area contributed by atoms with Gasteiger partial charge < -0.3 is 14.5 Å². The summed E-state index contributed by atoms with van der Waals surface area (Å²) in [5.41, 5.74) is 3.19. The summed E-state index contributed by atoms with van der Waals surface area (Å²) in [4.78, 5) is 17.2. The maximum Gasteiger partial charge on any atom is 0.261 e. The Balaban J connectivity index is 1.38. The number of benzene rings is 4. The number of fused-ring (bicyclic) bond motifs is 2. The molecule has 0 aliphatic carbocycles. The maximum absolute atomic E-state index is 12.6. The topological polar surface area (TPSA) is 76.4 Å². The molecule has 8 heteroatoms. The number of carbonyl (C=O) groups is 1. The monoisotopic (exact) mass is 487 g/mol. The number of aromatic nitrogens is 1. The summed E-state index contributed by atoms with van der Waals surface area (Å²) in [6, 6.07) is 23.9. The van der Waals surface area contributed by atoms with Crippen LogP contribution in [0.15, 0.2) is 83.3 Å². The molecule has 0 aliphatic rings. The number of nitrogens with one attached hydrogen (secondary N) is 2. The Morgan fingerprint density at radius 1 is 1.00 bits per heavy atom. The quantitative estimate of drug-likeness (QED) is 0.284. The van der Waals surface area contributed by atoms with Crippen LogP contribution in [-0.4, -0.2) is 23.1 Å². The second kappa shape index (κ2) is 9.13. The van der Waals surface area contributed by atoms with Gasteiger partial charge in [-0.05, 0) is 60.1 Å². The highest BCUT2D eigenvalue weighted by atomic mass is 35.5. The van der Waals surface area contributed by atoms with Crippen molar-refractivity contribution in [2.75, 3.05) is 12.4 Å². The highest BCUT2D eigenvalue weighted by Gasteiger charge is 2.15. The van der Waals surface area contributed by atoms with Crippen molar-refractivity contribution >= 4 is 62.4 Å². The standard InChI is InChI=1S/C26H18ClN3O3S/c1-32-22-11-3-2-6-19(22)24(31)30-26(34)28-15-12-13-23-21(14-15)29-25(33-23)18-9-4-8-17-16(18)7-5-10-20(17)27/h2-14H,1H3,(H2,28,30,31,34). The van der Waals surface area contributed by atoms with Gasteiger partial charge in [0.15, 0.2) is 10.7 Å². The molecule has 5 rings (SSSR count). The van der Waals surface area contributed by atoms with Crippen molar-refractivity contribution in [3.63, 3.8) is 0 Å². The Kier molecular flexibility index (Phi) is 5.88. The van der Waals surface area contributed by atoms with E-state index in [0.717, 1.165) is 16.3 Å². The zero-order valence-electron chi connectivity index (χ0n) is 18.0. The number of halogens is 1. The van der Waals surface area contributed by atoms with Crippen LogP contribution in [0.2, 0.25) is 5.02 Å². The second-order valence-corrected chi connectivity index (χ2v) is 8.27. The van der Waals surface area contributed by atoms with Gasteiger partial charge in [0, 0.05) is 21.7 Å². The zero-order chi connectivity index (χ0) is 23.7. The minimum absolute atomic E-state index is 0.155. The second-order valence-electron chi connectivity index (χ2n) is 7.45. The molecule has 0 atom stereocenters. The summed E-state index contributed by atoms with van der Waals surface area (Å²) in [7, 11) is 1.51. The van der Waals surface area contributed by atoms with Crippen molar-refractivity contribution in [2.24, 2.45) is 0 Å². The smallest absolute Gasteiger partial charge is 0.261 e. The van der Waals surface area contributed by atoms with Crippen LogP contribution in [0.4, 0.5) is 5.69 Å². The van der Waals surface area contributed by atoms with Gasteiger partial charge in [-0.25, -0.2) is 4.98 Å². The van der Waals surface area contributed by atoms with Gasteiger partial charge in [-0.2, -0.15) is 0 Å². The van der Waals surface area contributed by atoms with Gasteiger partial charge >= 0.3 is 0 Å². The molecule has 0 unspecified atom stereocenters. The summed E-state index contributed by atoms with van der Waals surface area (Å²) in [5, 5.41) is 8.41. The first kappa shape index (κ1) is 21.9. The number of rotatable bonds is 4. The number of nitrogens with zero attached hydrogens (tertiary/aromatic N) is 1. The summed E-state index contributed by atoms with van der Waals surface area (Å²) >= 11 is 11.7. The molecule has 0 saturated heterocycles. The minimum atomic E-state index is -0.366. The van der Waals surface area contributed by atoms with Crippen molar-refractivity contribution in [2.45, 2.75) is 0 Å². The number of thiocarbonyl (C=S) groups is 1. The Bertz CT molecular complexity index is 1560. The van der Waals surface area contributed by atoms with Crippen LogP contribution < -0.4 is 15.4 Å². The number of amides is 1. The molecule has 1 amide bonds. The lowest BCUT2D eigenvalue weighted by Gasteiger charge is -2.11. The predicted molar refractivity (Wildman–Crippen MR) is 139 cm³/mol. The van der Waals surface area contributed by atoms with Crippen molar-refractivity contribution in [1.82, 2.24) is 10.3 Å². The van der Waals surface area contributed by atoms with Gasteiger partial charge in [0.1, 0.15) is 11.3 Å². The fourth-order valence-electron chi connectivity index (χ4n) is 3.74. The van der Waals surface area contributed by atoms with E-state index in [1.165, 1.54) is 7.11 Å². The molecule has 6 nitrogen and oxygen atoms in total. The molecule has 0 aliphatic heterocycles. The van der Waals surface area contributed by atoms with Crippen molar-refractivity contribution in [3.8, 4) is 17.2 Å². The summed E-state index contributed by atoms with van der Waals surface area (Å²) in [6.45, 7) is 0. The van der Waals surface area contributed by atoms with Gasteiger partial charge in [0.2, 0.25) is 5.89 Å². The zero-order valence-corrected chi connectivity index (χ0v) is 19.5. The molecule has 0 spiro atoms. The van der Waals surface area contributed by atoms with Crippen LogP contribution in [0.5, 0.6) is 5.75 Å². The number of oxazole rings is 1. The molecule has 34 heavy (non-hydrogen) atoms. The highest BCUT2D eigenvalue weighted by molar-refractivity contribution is 7.80. The third-order valence-corrected chi connectivity index (χ3v) is 5.86. The van der Waals surface area contributed by atoms with E-state index in [-0.39, 0.29) is 11.0 Å². The lowest BCUT2D eigenvalue weighted by molar-refractivity contribution is 0.0975. The molecule has 0 fully saturated rings. The van der Waals surface area contributed by atoms with E-state index in [1.807, 2.05) is 42.5 Å². The Labute approximate surface area is 205 Å². The molecule has 0 radical (unpaired) electrons. The van der Waals surface area contributed by atoms with Gasteiger partial charge in [-0.1, -0.05) is 48.0 Å². The van der Waals surface area contributed by atoms with Gasteiger partial charge in [0.25, 0.3) is 5.91 Å². The van der Waals surface area contributed by atoms with Crippen LogP contribution in [0, 0.1) is 0 Å². The first-order valence-electron chi connectivity index (χ1n) is 10.4.